The summed E-state index contributed by atoms with van der Waals surface area (Å²) >= 11 is 0. The molecular formula is C15H20N2O3. The van der Waals surface area contributed by atoms with Crippen LogP contribution in [-0.4, -0.2) is 46.0 Å². The molecule has 0 aromatic heterocycles. The van der Waals surface area contributed by atoms with Gasteiger partial charge in [0, 0.05) is 7.05 Å². The molecule has 2 rings (SSSR count). The van der Waals surface area contributed by atoms with Crippen LogP contribution in [0.2, 0.25) is 0 Å². The molecule has 3 unspecified atom stereocenters. The predicted octanol–water partition coefficient (Wildman–Crippen LogP) is 2.35. The largest absolute Gasteiger partial charge is 0.465 e. The summed E-state index contributed by atoms with van der Waals surface area (Å²) in [4.78, 5) is 26.3. The molecule has 0 bridgehead atoms. The number of carbonyl (C=O) groups is 2. The second-order valence-corrected chi connectivity index (χ2v) is 5.15. The van der Waals surface area contributed by atoms with Gasteiger partial charge in [-0.05, 0) is 18.9 Å². The van der Waals surface area contributed by atoms with Crippen LogP contribution in [0.1, 0.15) is 31.9 Å². The Morgan fingerprint density at radius 1 is 1.40 bits per heavy atom. The second-order valence-electron chi connectivity index (χ2n) is 5.15. The molecule has 1 aromatic carbocycles. The molecule has 108 valence electrons. The van der Waals surface area contributed by atoms with E-state index in [1.54, 1.807) is 4.90 Å². The average Bonchev–Trinajstić information content (AvgIpc) is 2.45. The Labute approximate surface area is 118 Å². The van der Waals surface area contributed by atoms with Crippen LogP contribution >= 0.6 is 0 Å². The molecule has 0 saturated carbocycles. The summed E-state index contributed by atoms with van der Waals surface area (Å²) in [5, 5.41) is 9.05. The fourth-order valence-electron chi connectivity index (χ4n) is 2.88. The van der Waals surface area contributed by atoms with Gasteiger partial charge >= 0.3 is 6.09 Å². The van der Waals surface area contributed by atoms with Crippen molar-refractivity contribution >= 4 is 12.0 Å². The number of hydrogen-bond acceptors (Lipinski definition) is 2. The lowest BCUT2D eigenvalue weighted by Gasteiger charge is -2.52. The van der Waals surface area contributed by atoms with Crippen LogP contribution in [0.15, 0.2) is 30.3 Å². The van der Waals surface area contributed by atoms with Crippen molar-refractivity contribution in [1.29, 1.82) is 0 Å². The van der Waals surface area contributed by atoms with E-state index in [1.807, 2.05) is 44.2 Å². The average molecular weight is 276 g/mol. The summed E-state index contributed by atoms with van der Waals surface area (Å²) < 4.78 is 0. The van der Waals surface area contributed by atoms with E-state index in [4.69, 9.17) is 5.11 Å². The monoisotopic (exact) mass is 276 g/mol. The van der Waals surface area contributed by atoms with Crippen molar-refractivity contribution in [2.75, 3.05) is 7.05 Å². The molecule has 1 aliphatic rings. The van der Waals surface area contributed by atoms with Gasteiger partial charge < -0.3 is 10.0 Å². The van der Waals surface area contributed by atoms with E-state index < -0.39 is 12.1 Å². The van der Waals surface area contributed by atoms with Crippen LogP contribution < -0.4 is 0 Å². The van der Waals surface area contributed by atoms with Crippen molar-refractivity contribution in [1.82, 2.24) is 9.80 Å². The number of nitrogens with zero attached hydrogens (tertiary/aromatic N) is 2. The van der Waals surface area contributed by atoms with Gasteiger partial charge in [-0.1, -0.05) is 37.3 Å². The molecule has 1 aromatic rings. The number of β-lactam (4-membered cyclic amide) rings is 1. The van der Waals surface area contributed by atoms with Gasteiger partial charge in [0.15, 0.2) is 0 Å². The highest BCUT2D eigenvalue weighted by atomic mass is 16.4. The highest BCUT2D eigenvalue weighted by Gasteiger charge is 2.51. The van der Waals surface area contributed by atoms with Crippen LogP contribution in [0.5, 0.6) is 0 Å². The summed E-state index contributed by atoms with van der Waals surface area (Å²) in [6, 6.07) is 9.15. The lowest BCUT2D eigenvalue weighted by molar-refractivity contribution is -0.161. The lowest BCUT2D eigenvalue weighted by Crippen LogP contribution is -2.70. The summed E-state index contributed by atoms with van der Waals surface area (Å²) in [6.45, 7) is 3.96. The molecule has 5 heteroatoms. The number of hydrogen-bond donors (Lipinski definition) is 1. The Kier molecular flexibility index (Phi) is 3.97. The van der Waals surface area contributed by atoms with Crippen LogP contribution in [0, 0.1) is 0 Å². The van der Waals surface area contributed by atoms with Crippen molar-refractivity contribution in [2.45, 2.75) is 38.4 Å². The summed E-state index contributed by atoms with van der Waals surface area (Å²) in [7, 11) is 1.46. The molecule has 2 amide bonds. The number of carbonyl (C=O) groups excluding carboxylic acids is 1. The third-order valence-corrected chi connectivity index (χ3v) is 4.07. The fraction of sp³-hybridized carbons (Fsp3) is 0.467. The van der Waals surface area contributed by atoms with Gasteiger partial charge in [-0.3, -0.25) is 9.69 Å². The van der Waals surface area contributed by atoms with E-state index in [1.165, 1.54) is 7.05 Å². The molecule has 1 saturated heterocycles. The smallest absolute Gasteiger partial charge is 0.407 e. The highest BCUT2D eigenvalue weighted by molar-refractivity contribution is 5.92. The van der Waals surface area contributed by atoms with E-state index in [0.717, 1.165) is 16.9 Å². The zero-order valence-corrected chi connectivity index (χ0v) is 12.0. The number of likely N-dealkylation sites (tertiary alicyclic amines) is 1. The number of carboxylic acid groups (broad SMARTS) is 1. The molecule has 0 radical (unpaired) electrons. The normalized spacial score (nSPS) is 23.1. The van der Waals surface area contributed by atoms with Gasteiger partial charge in [0.2, 0.25) is 5.91 Å². The first kappa shape index (κ1) is 14.4. The van der Waals surface area contributed by atoms with Crippen LogP contribution in [0.3, 0.4) is 0 Å². The molecule has 5 nitrogen and oxygen atoms in total. The standard InChI is InChI=1S/C15H20N2O3/c1-4-12-13(16(3)15(19)20)14(18)17(12)10(2)11-8-6-5-7-9-11/h5-10,12-13H,4H2,1-3H3,(H,19,20). The Bertz CT molecular complexity index is 503. The van der Waals surface area contributed by atoms with Gasteiger partial charge in [0.25, 0.3) is 0 Å². The van der Waals surface area contributed by atoms with Gasteiger partial charge in [0.1, 0.15) is 6.04 Å². The van der Waals surface area contributed by atoms with Crippen LogP contribution in [0.25, 0.3) is 0 Å². The van der Waals surface area contributed by atoms with Crippen molar-refractivity contribution in [2.24, 2.45) is 0 Å². The van der Waals surface area contributed by atoms with Gasteiger partial charge in [0.05, 0.1) is 12.1 Å². The summed E-state index contributed by atoms with van der Waals surface area (Å²) in [6.07, 6.45) is -0.320. The molecule has 0 spiro atoms. The third kappa shape index (κ3) is 2.24. The SMILES string of the molecule is CCC1C(N(C)C(=O)O)C(=O)N1C(C)c1ccccc1. The number of likely N-dealkylation sites (N-methyl/N-ethyl adjacent to an activating group) is 1. The minimum absolute atomic E-state index is 0.0351. The zero-order chi connectivity index (χ0) is 14.9. The van der Waals surface area contributed by atoms with Crippen molar-refractivity contribution in [3.8, 4) is 0 Å². The van der Waals surface area contributed by atoms with Gasteiger partial charge in [-0.2, -0.15) is 0 Å². The summed E-state index contributed by atoms with van der Waals surface area (Å²) in [5.41, 5.74) is 1.07. The van der Waals surface area contributed by atoms with Crippen LogP contribution in [0.4, 0.5) is 4.79 Å². The van der Waals surface area contributed by atoms with Crippen molar-refractivity contribution in [3.63, 3.8) is 0 Å². The van der Waals surface area contributed by atoms with E-state index in [0.29, 0.717) is 0 Å². The minimum atomic E-state index is -1.06. The maximum Gasteiger partial charge on any atom is 0.407 e. The Hall–Kier alpha value is -2.04. The van der Waals surface area contributed by atoms with Crippen molar-refractivity contribution in [3.05, 3.63) is 35.9 Å². The first-order chi connectivity index (χ1) is 9.49. The van der Waals surface area contributed by atoms with Crippen molar-refractivity contribution < 1.29 is 14.7 Å². The lowest BCUT2D eigenvalue weighted by atomic mass is 9.88. The van der Waals surface area contributed by atoms with E-state index in [9.17, 15) is 9.59 Å². The third-order valence-electron chi connectivity index (χ3n) is 4.07. The molecule has 1 aliphatic heterocycles. The maximum absolute atomic E-state index is 12.3. The number of amides is 2. The quantitative estimate of drug-likeness (QED) is 0.859. The Morgan fingerprint density at radius 3 is 2.50 bits per heavy atom. The predicted molar refractivity (Wildman–Crippen MR) is 75.4 cm³/mol. The molecule has 20 heavy (non-hydrogen) atoms. The molecule has 0 aliphatic carbocycles. The van der Waals surface area contributed by atoms with Gasteiger partial charge in [-0.15, -0.1) is 0 Å². The number of rotatable bonds is 4. The Balaban J connectivity index is 2.18. The molecule has 3 atom stereocenters. The molecule has 1 N–H and O–H groups in total. The highest BCUT2D eigenvalue weighted by Crippen LogP contribution is 2.35. The molecule has 1 heterocycles. The molecular weight excluding hydrogens is 256 g/mol. The zero-order valence-electron chi connectivity index (χ0n) is 12.0. The van der Waals surface area contributed by atoms with E-state index in [-0.39, 0.29) is 18.0 Å². The summed E-state index contributed by atoms with van der Waals surface area (Å²) in [5.74, 6) is -0.113. The Morgan fingerprint density at radius 2 is 2.00 bits per heavy atom. The first-order valence-electron chi connectivity index (χ1n) is 6.81. The second kappa shape index (κ2) is 5.53. The van der Waals surface area contributed by atoms with Gasteiger partial charge in [-0.25, -0.2) is 4.79 Å². The minimum Gasteiger partial charge on any atom is -0.465 e. The topological polar surface area (TPSA) is 60.9 Å². The van der Waals surface area contributed by atoms with Crippen LogP contribution in [-0.2, 0) is 4.79 Å². The van der Waals surface area contributed by atoms with E-state index in [2.05, 4.69) is 0 Å². The molecule has 1 fully saturated rings. The first-order valence-corrected chi connectivity index (χ1v) is 6.81. The fourth-order valence-corrected chi connectivity index (χ4v) is 2.88. The number of benzene rings is 1. The maximum atomic E-state index is 12.3. The van der Waals surface area contributed by atoms with E-state index >= 15 is 0 Å².